The number of nitrogens with zero attached hydrogens (tertiary/aromatic N) is 3. The molecule has 0 saturated carbocycles. The molecular formula is C23H19BrN4O2. The number of carbonyl (C=O) groups excluding carboxylic acids is 1. The summed E-state index contributed by atoms with van der Waals surface area (Å²) in [5.41, 5.74) is 2.40. The van der Waals surface area contributed by atoms with Gasteiger partial charge < -0.3 is 4.74 Å². The van der Waals surface area contributed by atoms with E-state index in [2.05, 4.69) is 31.3 Å². The number of carbonyl (C=O) groups is 1. The van der Waals surface area contributed by atoms with Crippen LogP contribution in [0.25, 0.3) is 0 Å². The molecule has 0 saturated heterocycles. The molecule has 0 unspecified atom stereocenters. The van der Waals surface area contributed by atoms with Crippen molar-refractivity contribution >= 4 is 27.8 Å². The molecule has 1 N–H and O–H groups in total. The fourth-order valence-corrected chi connectivity index (χ4v) is 3.18. The van der Waals surface area contributed by atoms with Gasteiger partial charge in [-0.05, 0) is 35.9 Å². The van der Waals surface area contributed by atoms with E-state index >= 15 is 0 Å². The number of aromatic nitrogens is 3. The maximum atomic E-state index is 12.8. The van der Waals surface area contributed by atoms with Crippen molar-refractivity contribution in [2.24, 2.45) is 0 Å². The zero-order valence-corrected chi connectivity index (χ0v) is 17.6. The van der Waals surface area contributed by atoms with Crippen LogP contribution in [-0.2, 0) is 13.2 Å². The van der Waals surface area contributed by atoms with Crippen LogP contribution in [0.15, 0.2) is 89.7 Å². The predicted molar refractivity (Wildman–Crippen MR) is 118 cm³/mol. The molecule has 150 valence electrons. The number of halogens is 1. The van der Waals surface area contributed by atoms with Crippen LogP contribution >= 0.6 is 15.9 Å². The Hall–Kier alpha value is -3.45. The average Bonchev–Trinajstić information content (AvgIpc) is 3.21. The molecule has 1 heterocycles. The molecule has 3 aromatic carbocycles. The highest BCUT2D eigenvalue weighted by atomic mass is 79.9. The molecule has 0 aliphatic carbocycles. The quantitative estimate of drug-likeness (QED) is 0.423. The molecule has 0 aliphatic heterocycles. The topological polar surface area (TPSA) is 69.0 Å². The Kier molecular flexibility index (Phi) is 6.20. The third-order valence-electron chi connectivity index (χ3n) is 4.42. The fourth-order valence-electron chi connectivity index (χ4n) is 2.92. The van der Waals surface area contributed by atoms with E-state index < -0.39 is 0 Å². The highest BCUT2D eigenvalue weighted by Crippen LogP contribution is 2.16. The molecule has 7 heteroatoms. The van der Waals surface area contributed by atoms with E-state index in [1.54, 1.807) is 17.1 Å². The van der Waals surface area contributed by atoms with Gasteiger partial charge in [-0.25, -0.2) is 9.67 Å². The molecule has 1 aromatic heterocycles. The number of benzene rings is 3. The van der Waals surface area contributed by atoms with Gasteiger partial charge in [-0.15, -0.1) is 5.10 Å². The first-order valence-corrected chi connectivity index (χ1v) is 10.2. The van der Waals surface area contributed by atoms with Crippen molar-refractivity contribution in [2.75, 3.05) is 5.32 Å². The molecule has 0 atom stereocenters. The van der Waals surface area contributed by atoms with Crippen molar-refractivity contribution in [2.45, 2.75) is 13.2 Å². The number of rotatable bonds is 7. The highest BCUT2D eigenvalue weighted by molar-refractivity contribution is 9.10. The lowest BCUT2D eigenvalue weighted by atomic mass is 10.1. The van der Waals surface area contributed by atoms with Gasteiger partial charge in [0.15, 0.2) is 0 Å². The van der Waals surface area contributed by atoms with Crippen molar-refractivity contribution in [1.82, 2.24) is 14.8 Å². The van der Waals surface area contributed by atoms with Crippen LogP contribution < -0.4 is 10.1 Å². The Morgan fingerprint density at radius 3 is 2.50 bits per heavy atom. The van der Waals surface area contributed by atoms with Crippen molar-refractivity contribution in [1.29, 1.82) is 0 Å². The van der Waals surface area contributed by atoms with Crippen LogP contribution in [0.2, 0.25) is 0 Å². The van der Waals surface area contributed by atoms with Crippen molar-refractivity contribution < 1.29 is 9.53 Å². The zero-order valence-electron chi connectivity index (χ0n) is 16.0. The summed E-state index contributed by atoms with van der Waals surface area (Å²) in [5.74, 6) is 0.737. The van der Waals surface area contributed by atoms with E-state index in [-0.39, 0.29) is 11.9 Å². The highest BCUT2D eigenvalue weighted by Gasteiger charge is 2.14. The van der Waals surface area contributed by atoms with E-state index in [1.807, 2.05) is 72.8 Å². The van der Waals surface area contributed by atoms with Gasteiger partial charge in [0.05, 0.1) is 6.54 Å². The second-order valence-electron chi connectivity index (χ2n) is 6.61. The fraction of sp³-hybridized carbons (Fsp3) is 0.0870. The molecular weight excluding hydrogens is 444 g/mol. The van der Waals surface area contributed by atoms with Gasteiger partial charge in [-0.2, -0.15) is 0 Å². The van der Waals surface area contributed by atoms with Crippen molar-refractivity contribution in [3.63, 3.8) is 0 Å². The lowest BCUT2D eigenvalue weighted by Gasteiger charge is -2.10. The largest absolute Gasteiger partial charge is 0.489 e. The van der Waals surface area contributed by atoms with Gasteiger partial charge in [0.1, 0.15) is 18.7 Å². The molecule has 4 aromatic rings. The van der Waals surface area contributed by atoms with Crippen LogP contribution in [-0.4, -0.2) is 20.7 Å². The number of hydrogen-bond donors (Lipinski definition) is 1. The predicted octanol–water partition coefficient (Wildman–Crippen LogP) is 4.92. The molecule has 0 aliphatic rings. The minimum absolute atomic E-state index is 0.260. The van der Waals surface area contributed by atoms with E-state index in [9.17, 15) is 4.79 Å². The summed E-state index contributed by atoms with van der Waals surface area (Å²) < 4.78 is 8.50. The molecule has 30 heavy (non-hydrogen) atoms. The van der Waals surface area contributed by atoms with E-state index in [4.69, 9.17) is 4.74 Å². The van der Waals surface area contributed by atoms with Crippen molar-refractivity contribution in [3.05, 3.63) is 106 Å². The Morgan fingerprint density at radius 1 is 0.967 bits per heavy atom. The smallest absolute Gasteiger partial charge is 0.258 e. The third-order valence-corrected chi connectivity index (χ3v) is 4.95. The Bertz CT molecular complexity index is 1130. The first kappa shape index (κ1) is 19.8. The minimum atomic E-state index is -0.274. The molecule has 4 rings (SSSR count). The summed E-state index contributed by atoms with van der Waals surface area (Å²) >= 11 is 3.42. The number of para-hydroxylation sites is 1. The Labute approximate surface area is 182 Å². The molecule has 0 bridgehead atoms. The Morgan fingerprint density at radius 2 is 1.70 bits per heavy atom. The molecule has 0 spiro atoms. The second kappa shape index (κ2) is 9.37. The summed E-state index contributed by atoms with van der Waals surface area (Å²) in [7, 11) is 0. The third kappa shape index (κ3) is 5.12. The van der Waals surface area contributed by atoms with Gasteiger partial charge in [-0.1, -0.05) is 64.5 Å². The molecule has 0 radical (unpaired) electrons. The van der Waals surface area contributed by atoms with Gasteiger partial charge in [0.25, 0.3) is 5.91 Å². The number of anilines is 1. The van der Waals surface area contributed by atoms with Gasteiger partial charge in [0, 0.05) is 15.6 Å². The summed E-state index contributed by atoms with van der Waals surface area (Å²) in [6, 6.07) is 24.8. The maximum absolute atomic E-state index is 12.8. The monoisotopic (exact) mass is 462 g/mol. The summed E-state index contributed by atoms with van der Waals surface area (Å²) in [5, 5.41) is 7.11. The van der Waals surface area contributed by atoms with Crippen LogP contribution in [0.4, 0.5) is 5.95 Å². The van der Waals surface area contributed by atoms with Crippen molar-refractivity contribution in [3.8, 4) is 5.75 Å². The van der Waals surface area contributed by atoms with Crippen LogP contribution in [0.1, 0.15) is 21.5 Å². The lowest BCUT2D eigenvalue weighted by molar-refractivity contribution is 0.102. The molecule has 1 amide bonds. The normalized spacial score (nSPS) is 10.6. The van der Waals surface area contributed by atoms with E-state index in [1.165, 1.54) is 0 Å². The average molecular weight is 463 g/mol. The van der Waals surface area contributed by atoms with E-state index in [0.29, 0.717) is 18.7 Å². The maximum Gasteiger partial charge on any atom is 0.258 e. The second-order valence-corrected chi connectivity index (χ2v) is 7.52. The van der Waals surface area contributed by atoms with Crippen LogP contribution in [0.5, 0.6) is 5.75 Å². The lowest BCUT2D eigenvalue weighted by Crippen LogP contribution is -2.16. The molecule has 0 fully saturated rings. The van der Waals surface area contributed by atoms with Gasteiger partial charge in [0.2, 0.25) is 5.95 Å². The summed E-state index contributed by atoms with van der Waals surface area (Å²) in [6.07, 6.45) is 1.60. The summed E-state index contributed by atoms with van der Waals surface area (Å²) in [6.45, 7) is 0.858. The molecule has 6 nitrogen and oxygen atoms in total. The first-order chi connectivity index (χ1) is 14.7. The minimum Gasteiger partial charge on any atom is -0.489 e. The number of ether oxygens (including phenoxy) is 1. The van der Waals surface area contributed by atoms with Gasteiger partial charge in [-0.3, -0.25) is 10.1 Å². The van der Waals surface area contributed by atoms with Crippen LogP contribution in [0, 0.1) is 0 Å². The van der Waals surface area contributed by atoms with Gasteiger partial charge >= 0.3 is 0 Å². The number of hydrogen-bond acceptors (Lipinski definition) is 4. The number of nitrogens with one attached hydrogen (secondary N) is 1. The van der Waals surface area contributed by atoms with E-state index in [0.717, 1.165) is 21.3 Å². The SMILES string of the molecule is O=C(Nc1ncn(Cc2ccc(Br)cc2)n1)c1ccccc1COc1ccccc1. The van der Waals surface area contributed by atoms with Crippen LogP contribution in [0.3, 0.4) is 0 Å². The summed E-state index contributed by atoms with van der Waals surface area (Å²) in [4.78, 5) is 17.0. The standard InChI is InChI=1S/C23H19BrN4O2/c24-19-12-10-17(11-13-19)14-28-16-25-23(27-28)26-22(29)21-9-5-4-6-18(21)15-30-20-7-2-1-3-8-20/h1-13,16H,14-15H2,(H,26,27,29). The number of amides is 1. The Balaban J connectivity index is 1.41. The zero-order chi connectivity index (χ0) is 20.8. The first-order valence-electron chi connectivity index (χ1n) is 9.38.